The SMILES string of the molecule is CCN(CC)S(=O)(=O)N1CCN(C(=O)Cc2ccc(S(=O)(=O)N3CCCCC3)cc2)CC1. The molecule has 0 unspecified atom stereocenters. The van der Waals surface area contributed by atoms with Crippen molar-refractivity contribution in [2.45, 2.75) is 44.4 Å². The van der Waals surface area contributed by atoms with E-state index in [1.165, 1.54) is 12.9 Å². The molecular formula is C21H34N4O5S2. The van der Waals surface area contributed by atoms with Crippen LogP contribution in [0.4, 0.5) is 0 Å². The summed E-state index contributed by atoms with van der Waals surface area (Å²) in [5, 5.41) is 0. The van der Waals surface area contributed by atoms with Crippen LogP contribution in [0, 0.1) is 0 Å². The average molecular weight is 487 g/mol. The third kappa shape index (κ3) is 5.51. The molecule has 2 heterocycles. The van der Waals surface area contributed by atoms with E-state index in [0.717, 1.165) is 24.8 Å². The molecule has 180 valence electrons. The van der Waals surface area contributed by atoms with Crippen LogP contribution in [0.25, 0.3) is 0 Å². The molecule has 0 radical (unpaired) electrons. The van der Waals surface area contributed by atoms with Crippen LogP contribution in [-0.4, -0.2) is 92.9 Å². The smallest absolute Gasteiger partial charge is 0.282 e. The van der Waals surface area contributed by atoms with Gasteiger partial charge < -0.3 is 4.90 Å². The maximum absolute atomic E-state index is 12.8. The summed E-state index contributed by atoms with van der Waals surface area (Å²) >= 11 is 0. The van der Waals surface area contributed by atoms with Gasteiger partial charge in [-0.1, -0.05) is 32.4 Å². The Hall–Kier alpha value is -1.53. The van der Waals surface area contributed by atoms with Gasteiger partial charge in [0.2, 0.25) is 15.9 Å². The van der Waals surface area contributed by atoms with Crippen LogP contribution < -0.4 is 0 Å². The highest BCUT2D eigenvalue weighted by atomic mass is 32.2. The van der Waals surface area contributed by atoms with Crippen LogP contribution in [0.15, 0.2) is 29.2 Å². The molecule has 0 bridgehead atoms. The van der Waals surface area contributed by atoms with Crippen molar-refractivity contribution in [3.8, 4) is 0 Å². The molecule has 2 aliphatic heterocycles. The molecule has 0 aliphatic carbocycles. The highest BCUT2D eigenvalue weighted by molar-refractivity contribution is 7.89. The number of nitrogens with zero attached hydrogens (tertiary/aromatic N) is 4. The molecule has 32 heavy (non-hydrogen) atoms. The van der Waals surface area contributed by atoms with E-state index in [9.17, 15) is 21.6 Å². The monoisotopic (exact) mass is 486 g/mol. The molecular weight excluding hydrogens is 452 g/mol. The van der Waals surface area contributed by atoms with Gasteiger partial charge in [0.05, 0.1) is 11.3 Å². The first-order valence-electron chi connectivity index (χ1n) is 11.3. The molecule has 1 aromatic carbocycles. The Kier molecular flexibility index (Phi) is 8.31. The molecule has 0 aromatic heterocycles. The first kappa shape index (κ1) is 25.1. The molecule has 9 nitrogen and oxygen atoms in total. The number of piperazine rings is 1. The Morgan fingerprint density at radius 1 is 0.812 bits per heavy atom. The zero-order chi connectivity index (χ0) is 23.4. The summed E-state index contributed by atoms with van der Waals surface area (Å²) < 4.78 is 55.2. The normalized spacial score (nSPS) is 19.4. The van der Waals surface area contributed by atoms with E-state index in [-0.39, 0.29) is 30.3 Å². The maximum Gasteiger partial charge on any atom is 0.282 e. The van der Waals surface area contributed by atoms with Crippen molar-refractivity contribution in [2.75, 3.05) is 52.4 Å². The summed E-state index contributed by atoms with van der Waals surface area (Å²) in [6.07, 6.45) is 2.99. The summed E-state index contributed by atoms with van der Waals surface area (Å²) in [6.45, 7) is 6.81. The second kappa shape index (κ2) is 10.6. The zero-order valence-electron chi connectivity index (χ0n) is 18.9. The highest BCUT2D eigenvalue weighted by Gasteiger charge is 2.32. The number of rotatable bonds is 8. The topological polar surface area (TPSA) is 98.3 Å². The summed E-state index contributed by atoms with van der Waals surface area (Å²) in [5.74, 6) is -0.0866. The first-order chi connectivity index (χ1) is 15.2. The van der Waals surface area contributed by atoms with E-state index in [1.54, 1.807) is 29.2 Å². The van der Waals surface area contributed by atoms with Crippen LogP contribution in [0.1, 0.15) is 38.7 Å². The molecule has 1 amide bonds. The van der Waals surface area contributed by atoms with Crippen molar-refractivity contribution in [3.05, 3.63) is 29.8 Å². The highest BCUT2D eigenvalue weighted by Crippen LogP contribution is 2.21. The Labute approximate surface area is 192 Å². The van der Waals surface area contributed by atoms with Crippen molar-refractivity contribution in [1.29, 1.82) is 0 Å². The molecule has 1 aromatic rings. The lowest BCUT2D eigenvalue weighted by Gasteiger charge is -2.36. The van der Waals surface area contributed by atoms with Crippen molar-refractivity contribution in [1.82, 2.24) is 17.8 Å². The maximum atomic E-state index is 12.8. The van der Waals surface area contributed by atoms with Gasteiger partial charge in [-0.15, -0.1) is 0 Å². The van der Waals surface area contributed by atoms with Gasteiger partial charge in [-0.2, -0.15) is 21.3 Å². The largest absolute Gasteiger partial charge is 0.340 e. The van der Waals surface area contributed by atoms with E-state index < -0.39 is 20.2 Å². The molecule has 11 heteroatoms. The lowest BCUT2D eigenvalue weighted by molar-refractivity contribution is -0.131. The van der Waals surface area contributed by atoms with Gasteiger partial charge in [-0.25, -0.2) is 8.42 Å². The van der Waals surface area contributed by atoms with E-state index in [2.05, 4.69) is 0 Å². The lowest BCUT2D eigenvalue weighted by Crippen LogP contribution is -2.54. The molecule has 3 rings (SSSR count). The number of benzene rings is 1. The Morgan fingerprint density at radius 3 is 1.91 bits per heavy atom. The second-order valence-corrected chi connectivity index (χ2v) is 12.0. The average Bonchev–Trinajstić information content (AvgIpc) is 2.80. The third-order valence-corrected chi connectivity index (χ3v) is 10.3. The number of hydrogen-bond acceptors (Lipinski definition) is 5. The van der Waals surface area contributed by atoms with Gasteiger partial charge >= 0.3 is 0 Å². The fourth-order valence-corrected chi connectivity index (χ4v) is 7.32. The molecule has 0 saturated carbocycles. The zero-order valence-corrected chi connectivity index (χ0v) is 20.6. The Morgan fingerprint density at radius 2 is 1.38 bits per heavy atom. The fourth-order valence-electron chi connectivity index (χ4n) is 4.20. The van der Waals surface area contributed by atoms with Crippen molar-refractivity contribution >= 4 is 26.1 Å². The number of piperidine rings is 1. The van der Waals surface area contributed by atoms with E-state index >= 15 is 0 Å². The molecule has 0 N–H and O–H groups in total. The van der Waals surface area contributed by atoms with Gasteiger partial charge in [-0.3, -0.25) is 4.79 Å². The minimum atomic E-state index is -3.49. The Balaban J connectivity index is 1.57. The van der Waals surface area contributed by atoms with Crippen molar-refractivity contribution in [3.63, 3.8) is 0 Å². The van der Waals surface area contributed by atoms with Gasteiger partial charge in [0.1, 0.15) is 0 Å². The van der Waals surface area contributed by atoms with E-state index in [1.807, 2.05) is 13.8 Å². The quantitative estimate of drug-likeness (QED) is 0.549. The molecule has 2 saturated heterocycles. The van der Waals surface area contributed by atoms with Crippen LogP contribution >= 0.6 is 0 Å². The Bertz CT molecular complexity index is 978. The van der Waals surface area contributed by atoms with Gasteiger partial charge in [0, 0.05) is 52.4 Å². The van der Waals surface area contributed by atoms with Crippen LogP contribution in [0.3, 0.4) is 0 Å². The number of carbonyl (C=O) groups is 1. The summed E-state index contributed by atoms with van der Waals surface area (Å²) in [7, 11) is -6.98. The van der Waals surface area contributed by atoms with Gasteiger partial charge in [-0.05, 0) is 30.5 Å². The second-order valence-electron chi connectivity index (χ2n) is 8.16. The van der Waals surface area contributed by atoms with Crippen LogP contribution in [-0.2, 0) is 31.4 Å². The number of amides is 1. The predicted octanol–water partition coefficient (Wildman–Crippen LogP) is 1.13. The molecule has 2 aliphatic rings. The van der Waals surface area contributed by atoms with Crippen LogP contribution in [0.2, 0.25) is 0 Å². The standard InChI is InChI=1S/C21H34N4O5S2/c1-3-23(4-2)32(29,30)25-16-14-22(15-17-25)21(26)18-19-8-10-20(11-9-19)31(27,28)24-12-6-5-7-13-24/h8-11H,3-7,12-18H2,1-2H3. The summed E-state index contributed by atoms with van der Waals surface area (Å²) in [4.78, 5) is 14.6. The number of carbonyl (C=O) groups excluding carboxylic acids is 1. The van der Waals surface area contributed by atoms with Gasteiger partial charge in [0.25, 0.3) is 10.2 Å². The summed E-state index contributed by atoms with van der Waals surface area (Å²) in [5.41, 5.74) is 0.741. The first-order valence-corrected chi connectivity index (χ1v) is 14.2. The van der Waals surface area contributed by atoms with Crippen molar-refractivity contribution < 1.29 is 21.6 Å². The summed E-state index contributed by atoms with van der Waals surface area (Å²) in [6, 6.07) is 6.52. The molecule has 0 spiro atoms. The number of sulfonamides is 1. The minimum absolute atomic E-state index is 0.0866. The lowest BCUT2D eigenvalue weighted by atomic mass is 10.1. The van der Waals surface area contributed by atoms with E-state index in [0.29, 0.717) is 39.3 Å². The van der Waals surface area contributed by atoms with E-state index in [4.69, 9.17) is 0 Å². The van der Waals surface area contributed by atoms with Crippen LogP contribution in [0.5, 0.6) is 0 Å². The number of hydrogen-bond donors (Lipinski definition) is 0. The predicted molar refractivity (Wildman–Crippen MR) is 123 cm³/mol. The molecule has 0 atom stereocenters. The third-order valence-electron chi connectivity index (χ3n) is 6.18. The molecule has 2 fully saturated rings. The fraction of sp³-hybridized carbons (Fsp3) is 0.667. The van der Waals surface area contributed by atoms with Crippen molar-refractivity contribution in [2.24, 2.45) is 0 Å². The minimum Gasteiger partial charge on any atom is -0.340 e. The van der Waals surface area contributed by atoms with Gasteiger partial charge in [0.15, 0.2) is 0 Å².